The maximum atomic E-state index is 15.4. The van der Waals surface area contributed by atoms with E-state index >= 15 is 14.4 Å². The molecule has 6 rings (SSSR count). The lowest BCUT2D eigenvalue weighted by molar-refractivity contribution is -0.142. The first-order chi connectivity index (χ1) is 54.9. The normalized spacial score (nSPS) is 23.7. The zero-order chi connectivity index (χ0) is 84.3. The van der Waals surface area contributed by atoms with Gasteiger partial charge in [-0.05, 0) is 101 Å². The number of hydrogen-bond acceptors (Lipinski definition) is 23. The Bertz CT molecular complexity index is 4130. The summed E-state index contributed by atoms with van der Waals surface area (Å²) in [5, 5.41) is 76.1. The van der Waals surface area contributed by atoms with E-state index in [2.05, 4.69) is 74.1 Å². The Labute approximate surface area is 670 Å². The van der Waals surface area contributed by atoms with Gasteiger partial charge >= 0.3 is 5.97 Å². The minimum absolute atomic E-state index is 0.104. The van der Waals surface area contributed by atoms with E-state index in [0.29, 0.717) is 39.6 Å². The summed E-state index contributed by atoms with van der Waals surface area (Å²) in [6.07, 6.45) is -3.48. The van der Waals surface area contributed by atoms with Crippen LogP contribution in [0, 0.1) is 0 Å². The highest BCUT2D eigenvalue weighted by Crippen LogP contribution is 2.25. The molecule has 5 aromatic rings. The summed E-state index contributed by atoms with van der Waals surface area (Å²) in [7, 11) is 1.49. The number of amides is 14. The van der Waals surface area contributed by atoms with E-state index in [4.69, 9.17) is 22.9 Å². The average molecular weight is 1640 g/mol. The number of aliphatic carboxylic acids is 1. The highest BCUT2D eigenvalue weighted by Gasteiger charge is 2.40. The highest BCUT2D eigenvalue weighted by atomic mass is 33.1. The molecule has 1 aliphatic heterocycles. The number of primary amides is 1. The third kappa shape index (κ3) is 30.7. The van der Waals surface area contributed by atoms with Crippen LogP contribution < -0.4 is 92.1 Å². The molecule has 2 heterocycles. The Morgan fingerprint density at radius 1 is 0.470 bits per heavy atom. The molecule has 15 atom stereocenters. The van der Waals surface area contributed by atoms with Gasteiger partial charge in [-0.3, -0.25) is 67.1 Å². The summed E-state index contributed by atoms with van der Waals surface area (Å²) in [6, 6.07) is 9.57. The molecule has 0 radical (unpaired) electrons. The average Bonchev–Trinajstić information content (AvgIpc) is 1.71. The zero-order valence-corrected chi connectivity index (χ0v) is 65.4. The number of nitrogens with one attached hydrogen (secondary N) is 14. The first-order valence-corrected chi connectivity index (χ1v) is 39.8. The Morgan fingerprint density at radius 2 is 0.852 bits per heavy atom. The van der Waals surface area contributed by atoms with Gasteiger partial charge in [0, 0.05) is 54.3 Å². The number of carbonyl (C=O) groups is 15. The van der Waals surface area contributed by atoms with Gasteiger partial charge < -0.3 is 117 Å². The van der Waals surface area contributed by atoms with Crippen molar-refractivity contribution in [3.05, 3.63) is 144 Å². The van der Waals surface area contributed by atoms with Crippen LogP contribution in [0.25, 0.3) is 10.9 Å². The molecule has 1 fully saturated rings. The van der Waals surface area contributed by atoms with Crippen LogP contribution in [0.15, 0.2) is 121 Å². The van der Waals surface area contributed by atoms with E-state index < -0.39 is 210 Å². The number of unbranched alkanes of at least 4 members (excludes halogenated alkanes) is 2. The predicted octanol–water partition coefficient (Wildman–Crippen LogP) is -4.91. The maximum Gasteiger partial charge on any atom is 0.327 e. The summed E-state index contributed by atoms with van der Waals surface area (Å²) < 4.78 is 0. The van der Waals surface area contributed by atoms with Gasteiger partial charge in [0.1, 0.15) is 72.5 Å². The number of hydrogen-bond donors (Lipinski definition) is 22. The van der Waals surface area contributed by atoms with Crippen molar-refractivity contribution in [2.45, 2.75) is 182 Å². The number of carbonyl (C=O) groups excluding carboxylic acids is 14. The summed E-state index contributed by atoms with van der Waals surface area (Å²) in [5.74, 6) is -17.7. The van der Waals surface area contributed by atoms with Crippen molar-refractivity contribution in [3.8, 4) is 0 Å². The molecule has 624 valence electrons. The molecule has 0 bridgehead atoms. The van der Waals surface area contributed by atoms with E-state index in [9.17, 15) is 78.0 Å². The first kappa shape index (κ1) is 92.8. The molecule has 4 aromatic carbocycles. The Kier molecular flexibility index (Phi) is 38.4. The zero-order valence-electron chi connectivity index (χ0n) is 63.8. The number of aliphatic hydroxyl groups excluding tert-OH is 3. The molecule has 115 heavy (non-hydrogen) atoms. The van der Waals surface area contributed by atoms with Crippen LogP contribution in [0.1, 0.15) is 88.0 Å². The minimum atomic E-state index is -1.99. The van der Waals surface area contributed by atoms with Crippen LogP contribution >= 0.6 is 21.6 Å². The van der Waals surface area contributed by atoms with Crippen molar-refractivity contribution < 1.29 is 92.3 Å². The molecule has 37 nitrogen and oxygen atoms in total. The number of benzene rings is 4. The second kappa shape index (κ2) is 47.6. The smallest absolute Gasteiger partial charge is 0.327 e. The third-order valence-electron chi connectivity index (χ3n) is 18.3. The number of carboxylic acid groups (broad SMARTS) is 1. The highest BCUT2D eigenvalue weighted by molar-refractivity contribution is 8.76. The third-order valence-corrected chi connectivity index (χ3v) is 20.7. The number of aromatic amines is 1. The van der Waals surface area contributed by atoms with Gasteiger partial charge in [0.25, 0.3) is 0 Å². The molecule has 0 aliphatic carbocycles. The van der Waals surface area contributed by atoms with E-state index in [1.165, 1.54) is 6.92 Å². The molecule has 39 heteroatoms. The fourth-order valence-corrected chi connectivity index (χ4v) is 14.3. The predicted molar refractivity (Wildman–Crippen MR) is 425 cm³/mol. The summed E-state index contributed by atoms with van der Waals surface area (Å²) in [6.45, 7) is 1.88. The molecule has 1 aliphatic rings. The molecule has 0 unspecified atom stereocenters. The quantitative estimate of drug-likeness (QED) is 0.0182. The van der Waals surface area contributed by atoms with Crippen LogP contribution in [0.4, 0.5) is 0 Å². The Hall–Kier alpha value is -11.1. The van der Waals surface area contributed by atoms with Gasteiger partial charge in [0.15, 0.2) is 0 Å². The van der Waals surface area contributed by atoms with Gasteiger partial charge in [0.05, 0.1) is 37.8 Å². The summed E-state index contributed by atoms with van der Waals surface area (Å²) in [4.78, 5) is 217. The van der Waals surface area contributed by atoms with Gasteiger partial charge in [-0.15, -0.1) is 0 Å². The fourth-order valence-electron chi connectivity index (χ4n) is 11.9. The van der Waals surface area contributed by atoms with Crippen LogP contribution in [0.2, 0.25) is 0 Å². The SMILES string of the molecule is C[C@H](N)C(=O)NCC(=O)N[C@@H]1CSSC[C@@H](C(=O)O)NC(=O)[C@H](CO)NC(=O)[C@H]([C@@H](C)O)NC(=O)[C@H](Cc2ccccc2)NC(=O)[C@H]([C@@H](C)O)NC(=O)[C@H](CCCCN)NC(=O)[C@@H](Cc2c[nH]c3ccccc23)NC(=O)[C@H](Cc2ccccc2)NC(=O)[C@@H](Cc2ccccc2)NC(=O)[C@H](CC(N)=O)NC(=O)[C@H](CCCCN)NC1=O. The minimum Gasteiger partial charge on any atom is -0.480 e. The van der Waals surface area contributed by atoms with Crippen LogP contribution in [-0.2, 0) is 97.6 Å². The van der Waals surface area contributed by atoms with Crippen molar-refractivity contribution in [1.82, 2.24) is 74.1 Å². The van der Waals surface area contributed by atoms with Gasteiger partial charge in [0.2, 0.25) is 82.7 Å². The van der Waals surface area contributed by atoms with E-state index in [1.807, 2.05) is 0 Å². The fraction of sp³-hybridized carbons (Fsp3) is 0.461. The molecule has 1 aromatic heterocycles. The largest absolute Gasteiger partial charge is 0.480 e. The molecule has 14 amide bonds. The number of rotatable bonds is 26. The van der Waals surface area contributed by atoms with Crippen molar-refractivity contribution in [2.24, 2.45) is 22.9 Å². The van der Waals surface area contributed by atoms with E-state index in [1.54, 1.807) is 121 Å². The molecule has 26 N–H and O–H groups in total. The maximum absolute atomic E-state index is 15.4. The number of aromatic nitrogens is 1. The number of H-pyrrole nitrogens is 1. The number of aliphatic hydroxyl groups is 3. The van der Waals surface area contributed by atoms with Crippen molar-refractivity contribution >= 4 is 121 Å². The van der Waals surface area contributed by atoms with E-state index in [-0.39, 0.29) is 70.9 Å². The monoisotopic (exact) mass is 1640 g/mol. The lowest BCUT2D eigenvalue weighted by atomic mass is 10.00. The lowest BCUT2D eigenvalue weighted by Gasteiger charge is -2.29. The van der Waals surface area contributed by atoms with Crippen molar-refractivity contribution in [2.75, 3.05) is 37.7 Å². The molecule has 0 saturated carbocycles. The van der Waals surface area contributed by atoms with Gasteiger partial charge in [-0.1, -0.05) is 131 Å². The van der Waals surface area contributed by atoms with Gasteiger partial charge in [-0.25, -0.2) is 4.79 Å². The van der Waals surface area contributed by atoms with Crippen LogP contribution in [-0.4, -0.2) is 243 Å². The molecule has 1 saturated heterocycles. The second-order valence-electron chi connectivity index (χ2n) is 27.6. The Morgan fingerprint density at radius 3 is 1.30 bits per heavy atom. The number of para-hydroxylation sites is 1. The van der Waals surface area contributed by atoms with Crippen molar-refractivity contribution in [1.29, 1.82) is 0 Å². The van der Waals surface area contributed by atoms with Crippen LogP contribution in [0.5, 0.6) is 0 Å². The number of fused-ring (bicyclic) bond motifs is 1. The van der Waals surface area contributed by atoms with Crippen LogP contribution in [0.3, 0.4) is 0 Å². The number of carboxylic acids is 1. The van der Waals surface area contributed by atoms with Gasteiger partial charge in [-0.2, -0.15) is 0 Å². The first-order valence-electron chi connectivity index (χ1n) is 37.4. The summed E-state index contributed by atoms with van der Waals surface area (Å²) in [5.41, 5.74) is 25.6. The molecule has 0 spiro atoms. The standard InChI is InChI=1S/C76H104N18O19S2/c1-41(79)64(100)82-37-61(99)83-58-39-114-115-40-59(76(112)113)92-72(108)57(38-95)91-75(111)63(43(3)97)94-71(107)54(33-46-23-11-6-12-24-46)90-74(110)62(42(2)96)93-66(102)51(28-16-18-30-78)84-69(105)55(34-47-36-81-49-26-14-13-25-48(47)49)88-68(104)53(32-45-21-9-5-10-22-45)86-67(103)52(31-44-19-7-4-8-20-44)87-70(106)56(35-60(80)98)89-65(101)50(85-73(58)109)27-15-17-29-77/h4-14,19-26,36,41-43,50-59,62-63,81,95-97H,15-18,27-35,37-40,77-79H2,1-3H3,(H2,80,98)(H,82,100)(H,83,99)(H,84,105)(H,85,109)(H,86,103)(H,87,106)(H,88,104)(H,89,101)(H,90,110)(H,91,111)(H,92,108)(H,93,102)(H,94,107)(H,112,113)/t41-,42+,43+,50-,51-,52+,53-,54-,55+,56-,57-,58+,59-,62-,63-/m0/s1. The Balaban J connectivity index is 1.47. The number of nitrogens with two attached hydrogens (primary N) is 4. The lowest BCUT2D eigenvalue weighted by Crippen LogP contribution is -2.63. The molecular formula is C76H104N18O19S2. The second-order valence-corrected chi connectivity index (χ2v) is 30.1. The van der Waals surface area contributed by atoms with Crippen molar-refractivity contribution in [3.63, 3.8) is 0 Å². The topological polar surface area (TPSA) is 613 Å². The summed E-state index contributed by atoms with van der Waals surface area (Å²) >= 11 is 0. The molecular weight excluding hydrogens is 1530 g/mol. The van der Waals surface area contributed by atoms with E-state index in [0.717, 1.165) is 35.4 Å².